The van der Waals surface area contributed by atoms with Crippen LogP contribution in [0.2, 0.25) is 0 Å². The summed E-state index contributed by atoms with van der Waals surface area (Å²) in [6.45, 7) is 12.1. The number of ether oxygens (including phenoxy) is 2. The second kappa shape index (κ2) is 9.42. The summed E-state index contributed by atoms with van der Waals surface area (Å²) in [5.74, 6) is -0.689. The van der Waals surface area contributed by atoms with E-state index in [9.17, 15) is 9.59 Å². The fourth-order valence-corrected chi connectivity index (χ4v) is 2.78. The number of aryl methyl sites for hydroxylation is 2. The standard InChI is InChI=1S/C19H29NO4/c1-7-23-17(21)12-20(13(3)4)18(19(22)24-8-2)16-10-14(5)9-15(6)11-16/h9-11,13,18H,7-8,12H2,1-6H3. The maximum Gasteiger partial charge on any atom is 0.328 e. The summed E-state index contributed by atoms with van der Waals surface area (Å²) < 4.78 is 10.3. The highest BCUT2D eigenvalue weighted by Gasteiger charge is 2.32. The van der Waals surface area contributed by atoms with E-state index in [1.165, 1.54) is 0 Å². The van der Waals surface area contributed by atoms with Gasteiger partial charge in [-0.2, -0.15) is 0 Å². The van der Waals surface area contributed by atoms with E-state index in [1.807, 2.05) is 44.7 Å². The van der Waals surface area contributed by atoms with Crippen LogP contribution in [0.15, 0.2) is 18.2 Å². The maximum absolute atomic E-state index is 12.6. The number of carbonyl (C=O) groups is 2. The van der Waals surface area contributed by atoms with Gasteiger partial charge in [-0.1, -0.05) is 29.3 Å². The molecule has 1 aromatic rings. The van der Waals surface area contributed by atoms with Gasteiger partial charge in [-0.15, -0.1) is 0 Å². The Balaban J connectivity index is 3.27. The number of hydrogen-bond donors (Lipinski definition) is 0. The van der Waals surface area contributed by atoms with Crippen LogP contribution in [0.5, 0.6) is 0 Å². The van der Waals surface area contributed by atoms with Crippen molar-refractivity contribution in [3.8, 4) is 0 Å². The molecule has 1 rings (SSSR count). The van der Waals surface area contributed by atoms with Crippen LogP contribution in [-0.4, -0.2) is 42.6 Å². The van der Waals surface area contributed by atoms with Crippen LogP contribution < -0.4 is 0 Å². The Kier molecular flexibility index (Phi) is 7.92. The smallest absolute Gasteiger partial charge is 0.328 e. The lowest BCUT2D eigenvalue weighted by molar-refractivity contribution is -0.154. The van der Waals surface area contributed by atoms with Gasteiger partial charge in [0.25, 0.3) is 0 Å². The van der Waals surface area contributed by atoms with Gasteiger partial charge in [0.2, 0.25) is 0 Å². The molecule has 0 aromatic heterocycles. The third-order valence-electron chi connectivity index (χ3n) is 3.68. The number of rotatable bonds is 8. The Morgan fingerprint density at radius 2 is 1.54 bits per heavy atom. The first-order chi connectivity index (χ1) is 11.3. The zero-order valence-corrected chi connectivity index (χ0v) is 15.6. The van der Waals surface area contributed by atoms with Crippen LogP contribution in [-0.2, 0) is 19.1 Å². The third kappa shape index (κ3) is 5.64. The Morgan fingerprint density at radius 1 is 1.00 bits per heavy atom. The second-order valence-corrected chi connectivity index (χ2v) is 6.15. The zero-order valence-electron chi connectivity index (χ0n) is 15.6. The Morgan fingerprint density at radius 3 is 2.00 bits per heavy atom. The average molecular weight is 335 g/mol. The molecule has 24 heavy (non-hydrogen) atoms. The van der Waals surface area contributed by atoms with E-state index in [1.54, 1.807) is 13.8 Å². The highest BCUT2D eigenvalue weighted by atomic mass is 16.5. The summed E-state index contributed by atoms with van der Waals surface area (Å²) in [4.78, 5) is 26.5. The minimum Gasteiger partial charge on any atom is -0.465 e. The van der Waals surface area contributed by atoms with E-state index in [4.69, 9.17) is 9.47 Å². The van der Waals surface area contributed by atoms with Gasteiger partial charge in [0.1, 0.15) is 6.04 Å². The summed E-state index contributed by atoms with van der Waals surface area (Å²) in [5, 5.41) is 0. The molecule has 0 heterocycles. The number of nitrogens with zero attached hydrogens (tertiary/aromatic N) is 1. The molecule has 0 aliphatic rings. The van der Waals surface area contributed by atoms with Crippen LogP contribution in [0.25, 0.3) is 0 Å². The average Bonchev–Trinajstić information content (AvgIpc) is 2.46. The molecule has 0 radical (unpaired) electrons. The van der Waals surface area contributed by atoms with Gasteiger partial charge in [0.15, 0.2) is 0 Å². The summed E-state index contributed by atoms with van der Waals surface area (Å²) in [7, 11) is 0. The molecule has 5 nitrogen and oxygen atoms in total. The Bertz CT molecular complexity index is 548. The first kappa shape index (κ1) is 20.2. The lowest BCUT2D eigenvalue weighted by atomic mass is 9.99. The summed E-state index contributed by atoms with van der Waals surface area (Å²) in [6.07, 6.45) is 0. The van der Waals surface area contributed by atoms with E-state index in [2.05, 4.69) is 6.07 Å². The maximum atomic E-state index is 12.6. The number of carbonyl (C=O) groups excluding carboxylic acids is 2. The number of benzene rings is 1. The van der Waals surface area contributed by atoms with Crippen LogP contribution in [0.3, 0.4) is 0 Å². The van der Waals surface area contributed by atoms with Crippen molar-refractivity contribution < 1.29 is 19.1 Å². The molecule has 0 bridgehead atoms. The van der Waals surface area contributed by atoms with Crippen LogP contribution in [0.1, 0.15) is 50.4 Å². The SMILES string of the molecule is CCOC(=O)CN(C(C)C)C(C(=O)OCC)c1cc(C)cc(C)c1. The Labute approximate surface area is 144 Å². The first-order valence-corrected chi connectivity index (χ1v) is 8.46. The molecule has 0 N–H and O–H groups in total. The summed E-state index contributed by atoms with van der Waals surface area (Å²) in [5.41, 5.74) is 2.97. The highest BCUT2D eigenvalue weighted by molar-refractivity contribution is 5.79. The molecule has 5 heteroatoms. The minimum absolute atomic E-state index is 0.0235. The van der Waals surface area contributed by atoms with Crippen molar-refractivity contribution in [2.75, 3.05) is 19.8 Å². The fraction of sp³-hybridized carbons (Fsp3) is 0.579. The highest BCUT2D eigenvalue weighted by Crippen LogP contribution is 2.26. The van der Waals surface area contributed by atoms with Gasteiger partial charge in [-0.25, -0.2) is 4.79 Å². The van der Waals surface area contributed by atoms with Crippen molar-refractivity contribution in [2.45, 2.75) is 53.6 Å². The van der Waals surface area contributed by atoms with Crippen LogP contribution in [0.4, 0.5) is 0 Å². The van der Waals surface area contributed by atoms with E-state index < -0.39 is 6.04 Å². The van der Waals surface area contributed by atoms with Crippen molar-refractivity contribution >= 4 is 11.9 Å². The molecule has 134 valence electrons. The zero-order chi connectivity index (χ0) is 18.3. The van der Waals surface area contributed by atoms with E-state index >= 15 is 0 Å². The second-order valence-electron chi connectivity index (χ2n) is 6.15. The van der Waals surface area contributed by atoms with Crippen molar-refractivity contribution in [1.82, 2.24) is 4.90 Å². The fourth-order valence-electron chi connectivity index (χ4n) is 2.78. The molecule has 1 aromatic carbocycles. The number of hydrogen-bond acceptors (Lipinski definition) is 5. The molecule has 0 aliphatic carbocycles. The van der Waals surface area contributed by atoms with Gasteiger partial charge < -0.3 is 9.47 Å². The molecule has 0 saturated carbocycles. The monoisotopic (exact) mass is 335 g/mol. The molecule has 0 fully saturated rings. The van der Waals surface area contributed by atoms with Gasteiger partial charge in [-0.05, 0) is 47.1 Å². The van der Waals surface area contributed by atoms with Crippen molar-refractivity contribution in [3.63, 3.8) is 0 Å². The molecule has 0 aliphatic heterocycles. The van der Waals surface area contributed by atoms with Gasteiger partial charge in [0, 0.05) is 6.04 Å². The predicted molar refractivity (Wildman–Crippen MR) is 93.8 cm³/mol. The van der Waals surface area contributed by atoms with Crippen molar-refractivity contribution in [3.05, 3.63) is 34.9 Å². The quantitative estimate of drug-likeness (QED) is 0.683. The summed E-state index contributed by atoms with van der Waals surface area (Å²) in [6, 6.07) is 5.33. The van der Waals surface area contributed by atoms with Gasteiger partial charge in [-0.3, -0.25) is 9.69 Å². The Hall–Kier alpha value is -1.88. The lowest BCUT2D eigenvalue weighted by Crippen LogP contribution is -2.43. The number of esters is 2. The third-order valence-corrected chi connectivity index (χ3v) is 3.68. The van der Waals surface area contributed by atoms with Crippen LogP contribution >= 0.6 is 0 Å². The van der Waals surface area contributed by atoms with E-state index in [-0.39, 0.29) is 24.5 Å². The summed E-state index contributed by atoms with van der Waals surface area (Å²) >= 11 is 0. The molecular formula is C19H29NO4. The van der Waals surface area contributed by atoms with E-state index in [0.29, 0.717) is 13.2 Å². The topological polar surface area (TPSA) is 55.8 Å². The molecule has 1 unspecified atom stereocenters. The van der Waals surface area contributed by atoms with Crippen molar-refractivity contribution in [2.24, 2.45) is 0 Å². The van der Waals surface area contributed by atoms with Crippen LogP contribution in [0, 0.1) is 13.8 Å². The first-order valence-electron chi connectivity index (χ1n) is 8.46. The van der Waals surface area contributed by atoms with Gasteiger partial charge in [0.05, 0.1) is 19.8 Å². The normalized spacial score (nSPS) is 12.3. The molecule has 1 atom stereocenters. The lowest BCUT2D eigenvalue weighted by Gasteiger charge is -2.33. The molecule has 0 spiro atoms. The molecule has 0 amide bonds. The molecule has 0 saturated heterocycles. The van der Waals surface area contributed by atoms with E-state index in [0.717, 1.165) is 16.7 Å². The minimum atomic E-state index is -0.632. The van der Waals surface area contributed by atoms with Gasteiger partial charge >= 0.3 is 11.9 Å². The largest absolute Gasteiger partial charge is 0.465 e. The van der Waals surface area contributed by atoms with Crippen molar-refractivity contribution in [1.29, 1.82) is 0 Å². The predicted octanol–water partition coefficient (Wildman–Crippen LogP) is 3.18. The molecular weight excluding hydrogens is 306 g/mol.